The van der Waals surface area contributed by atoms with Crippen LogP contribution in [0.2, 0.25) is 0 Å². The molecule has 0 aliphatic carbocycles. The Balaban J connectivity index is 1.41. The molecule has 1 fully saturated rings. The van der Waals surface area contributed by atoms with Crippen molar-refractivity contribution in [2.24, 2.45) is 0 Å². The van der Waals surface area contributed by atoms with Crippen LogP contribution >= 0.6 is 11.8 Å². The monoisotopic (exact) mass is 516 g/mol. The van der Waals surface area contributed by atoms with Crippen LogP contribution in [0.1, 0.15) is 16.7 Å². The van der Waals surface area contributed by atoms with E-state index in [1.165, 1.54) is 7.11 Å². The number of methoxy groups -OCH3 is 2. The topological polar surface area (TPSA) is 98.1 Å². The summed E-state index contributed by atoms with van der Waals surface area (Å²) in [5, 5.41) is 8.90. The Labute approximate surface area is 219 Å². The summed E-state index contributed by atoms with van der Waals surface area (Å²) in [6, 6.07) is 21.8. The van der Waals surface area contributed by atoms with Crippen LogP contribution in [0.25, 0.3) is 6.08 Å². The average Bonchev–Trinajstić information content (AvgIpc) is 3.19. The molecule has 8 nitrogen and oxygen atoms in total. The second kappa shape index (κ2) is 12.0. The molecule has 0 N–H and O–H groups in total. The molecule has 1 heterocycles. The van der Waals surface area contributed by atoms with E-state index in [0.29, 0.717) is 39.0 Å². The standard InChI is InChI=1S/C28H24N2O6S/c1-33-22-9-5-6-10-23(22)35-14-13-30-27(31)26(37-28(30)32)16-19-11-12-24(25(15-19)34-2)36-18-21-8-4-3-7-20(21)17-29/h3-12,15-16H,13-14,18H2,1-2H3/b26-16-. The first-order valence-electron chi connectivity index (χ1n) is 11.3. The van der Waals surface area contributed by atoms with E-state index < -0.39 is 0 Å². The van der Waals surface area contributed by atoms with Crippen LogP contribution < -0.4 is 18.9 Å². The van der Waals surface area contributed by atoms with Crippen molar-refractivity contribution >= 4 is 29.0 Å². The Hall–Kier alpha value is -4.42. The van der Waals surface area contributed by atoms with Crippen LogP contribution in [-0.2, 0) is 11.4 Å². The summed E-state index contributed by atoms with van der Waals surface area (Å²) in [5.41, 5.74) is 1.99. The number of carbonyl (C=O) groups is 2. The Morgan fingerprint density at radius 3 is 2.35 bits per heavy atom. The predicted octanol–water partition coefficient (Wildman–Crippen LogP) is 5.27. The number of hydrogen-bond acceptors (Lipinski definition) is 8. The Bertz CT molecular complexity index is 1380. The van der Waals surface area contributed by atoms with E-state index in [0.717, 1.165) is 22.2 Å². The molecule has 3 aromatic rings. The molecule has 0 atom stereocenters. The number of imide groups is 1. The molecule has 4 rings (SSSR count). The molecule has 1 saturated heterocycles. The van der Waals surface area contributed by atoms with Crippen molar-refractivity contribution in [3.05, 3.63) is 88.3 Å². The van der Waals surface area contributed by atoms with Gasteiger partial charge >= 0.3 is 0 Å². The van der Waals surface area contributed by atoms with E-state index in [2.05, 4.69) is 6.07 Å². The number of para-hydroxylation sites is 2. The fourth-order valence-corrected chi connectivity index (χ4v) is 4.50. The number of thioether (sulfide) groups is 1. The van der Waals surface area contributed by atoms with E-state index in [1.54, 1.807) is 55.7 Å². The van der Waals surface area contributed by atoms with Crippen molar-refractivity contribution in [1.29, 1.82) is 5.26 Å². The number of amides is 2. The van der Waals surface area contributed by atoms with Gasteiger partial charge in [0.1, 0.15) is 13.2 Å². The third-order valence-electron chi connectivity index (χ3n) is 5.52. The number of nitriles is 1. The Morgan fingerprint density at radius 1 is 0.892 bits per heavy atom. The van der Waals surface area contributed by atoms with Gasteiger partial charge in [0.05, 0.1) is 37.3 Å². The first-order chi connectivity index (χ1) is 18.0. The number of nitrogens with zero attached hydrogens (tertiary/aromatic N) is 2. The number of rotatable bonds is 10. The molecule has 2 amide bonds. The van der Waals surface area contributed by atoms with E-state index in [-0.39, 0.29) is 30.9 Å². The van der Waals surface area contributed by atoms with Gasteiger partial charge in [-0.2, -0.15) is 5.26 Å². The van der Waals surface area contributed by atoms with Gasteiger partial charge in [0.25, 0.3) is 11.1 Å². The van der Waals surface area contributed by atoms with Gasteiger partial charge in [0, 0.05) is 5.56 Å². The van der Waals surface area contributed by atoms with Gasteiger partial charge in [-0.05, 0) is 53.7 Å². The molecule has 1 aliphatic rings. The average molecular weight is 517 g/mol. The van der Waals surface area contributed by atoms with Crippen LogP contribution in [-0.4, -0.2) is 43.4 Å². The Morgan fingerprint density at radius 2 is 1.59 bits per heavy atom. The van der Waals surface area contributed by atoms with Crippen LogP contribution in [0.4, 0.5) is 4.79 Å². The third-order valence-corrected chi connectivity index (χ3v) is 6.43. The summed E-state index contributed by atoms with van der Waals surface area (Å²) in [5.74, 6) is 1.69. The highest BCUT2D eigenvalue weighted by Gasteiger charge is 2.34. The van der Waals surface area contributed by atoms with Crippen molar-refractivity contribution in [3.8, 4) is 29.1 Å². The second-order valence-corrected chi connectivity index (χ2v) is 8.79. The van der Waals surface area contributed by atoms with Crippen LogP contribution in [0, 0.1) is 11.3 Å². The zero-order valence-electron chi connectivity index (χ0n) is 20.3. The van der Waals surface area contributed by atoms with E-state index >= 15 is 0 Å². The lowest BCUT2D eigenvalue weighted by Gasteiger charge is -2.14. The van der Waals surface area contributed by atoms with Crippen LogP contribution in [0.15, 0.2) is 71.6 Å². The smallest absolute Gasteiger partial charge is 0.293 e. The highest BCUT2D eigenvalue weighted by molar-refractivity contribution is 8.18. The fourth-order valence-electron chi connectivity index (χ4n) is 3.63. The molecule has 9 heteroatoms. The van der Waals surface area contributed by atoms with Gasteiger partial charge < -0.3 is 18.9 Å². The molecule has 0 unspecified atom stereocenters. The largest absolute Gasteiger partial charge is 0.493 e. The molecular formula is C28H24N2O6S. The molecule has 1 aliphatic heterocycles. The van der Waals surface area contributed by atoms with Gasteiger partial charge in [-0.3, -0.25) is 14.5 Å². The normalized spacial score (nSPS) is 14.0. The van der Waals surface area contributed by atoms with Crippen LogP contribution in [0.5, 0.6) is 23.0 Å². The van der Waals surface area contributed by atoms with Crippen molar-refractivity contribution in [2.75, 3.05) is 27.4 Å². The summed E-state index contributed by atoms with van der Waals surface area (Å²) in [6.45, 7) is 0.454. The highest BCUT2D eigenvalue weighted by Crippen LogP contribution is 2.35. The highest BCUT2D eigenvalue weighted by atomic mass is 32.2. The van der Waals surface area contributed by atoms with Crippen LogP contribution in [0.3, 0.4) is 0 Å². The minimum Gasteiger partial charge on any atom is -0.493 e. The minimum atomic E-state index is -0.383. The molecule has 0 radical (unpaired) electrons. The van der Waals surface area contributed by atoms with Gasteiger partial charge in [-0.25, -0.2) is 0 Å². The molecule has 37 heavy (non-hydrogen) atoms. The predicted molar refractivity (Wildman–Crippen MR) is 140 cm³/mol. The zero-order valence-corrected chi connectivity index (χ0v) is 21.1. The van der Waals surface area contributed by atoms with Crippen molar-refractivity contribution in [3.63, 3.8) is 0 Å². The second-order valence-electron chi connectivity index (χ2n) is 7.80. The lowest BCUT2D eigenvalue weighted by atomic mass is 10.1. The van der Waals surface area contributed by atoms with Gasteiger partial charge in [0.2, 0.25) is 0 Å². The van der Waals surface area contributed by atoms with Crippen molar-refractivity contribution in [2.45, 2.75) is 6.61 Å². The van der Waals surface area contributed by atoms with E-state index in [4.69, 9.17) is 18.9 Å². The number of hydrogen-bond donors (Lipinski definition) is 0. The molecule has 3 aromatic carbocycles. The summed E-state index contributed by atoms with van der Waals surface area (Å²) in [4.78, 5) is 26.8. The maximum Gasteiger partial charge on any atom is 0.293 e. The Kier molecular flexibility index (Phi) is 8.33. The summed E-state index contributed by atoms with van der Waals surface area (Å²) < 4.78 is 22.3. The third kappa shape index (κ3) is 6.05. The maximum absolute atomic E-state index is 12.9. The van der Waals surface area contributed by atoms with E-state index in [9.17, 15) is 14.9 Å². The molecule has 0 bridgehead atoms. The van der Waals surface area contributed by atoms with Gasteiger partial charge in [-0.1, -0.05) is 36.4 Å². The number of benzene rings is 3. The SMILES string of the molecule is COc1ccccc1OCCN1C(=O)S/C(=C\c2ccc(OCc3ccccc3C#N)c(OC)c2)C1=O. The number of carbonyl (C=O) groups excluding carboxylic acids is 2. The minimum absolute atomic E-state index is 0.111. The van der Waals surface area contributed by atoms with Crippen molar-refractivity contribution in [1.82, 2.24) is 4.90 Å². The first kappa shape index (κ1) is 25.7. The number of ether oxygens (including phenoxy) is 4. The summed E-state index contributed by atoms with van der Waals surface area (Å²) in [7, 11) is 3.07. The summed E-state index contributed by atoms with van der Waals surface area (Å²) in [6.07, 6.45) is 1.64. The van der Waals surface area contributed by atoms with Gasteiger partial charge in [-0.15, -0.1) is 0 Å². The lowest BCUT2D eigenvalue weighted by molar-refractivity contribution is -0.123. The molecule has 0 spiro atoms. The fraction of sp³-hybridized carbons (Fsp3) is 0.179. The molecule has 0 saturated carbocycles. The zero-order chi connectivity index (χ0) is 26.2. The lowest BCUT2D eigenvalue weighted by Crippen LogP contribution is -2.32. The maximum atomic E-state index is 12.9. The first-order valence-corrected chi connectivity index (χ1v) is 12.2. The molecule has 188 valence electrons. The molecule has 0 aromatic heterocycles. The quantitative estimate of drug-likeness (QED) is 0.336. The summed E-state index contributed by atoms with van der Waals surface area (Å²) >= 11 is 0.875. The van der Waals surface area contributed by atoms with E-state index in [1.807, 2.05) is 24.3 Å². The molecular weight excluding hydrogens is 492 g/mol. The van der Waals surface area contributed by atoms with Crippen molar-refractivity contribution < 1.29 is 28.5 Å². The van der Waals surface area contributed by atoms with Gasteiger partial charge in [0.15, 0.2) is 23.0 Å².